The number of ether oxygens (including phenoxy) is 1. The van der Waals surface area contributed by atoms with Crippen molar-refractivity contribution in [2.24, 2.45) is 0 Å². The fraction of sp³-hybridized carbons (Fsp3) is 0.200. The number of benzene rings is 1. The van der Waals surface area contributed by atoms with E-state index < -0.39 is 0 Å². The van der Waals surface area contributed by atoms with Crippen molar-refractivity contribution < 1.29 is 14.6 Å². The zero-order valence-corrected chi connectivity index (χ0v) is 12.6. The molecule has 0 saturated heterocycles. The molecule has 1 atom stereocenters. The summed E-state index contributed by atoms with van der Waals surface area (Å²) in [6, 6.07) is 10.6. The lowest BCUT2D eigenvalue weighted by molar-refractivity contribution is -0.115. The predicted molar refractivity (Wildman–Crippen MR) is 82.8 cm³/mol. The van der Waals surface area contributed by atoms with E-state index in [1.807, 2.05) is 24.3 Å². The number of aromatic hydroxyl groups is 1. The average molecular weight is 304 g/mol. The molecule has 0 aliphatic rings. The van der Waals surface area contributed by atoms with Crippen molar-refractivity contribution >= 4 is 23.5 Å². The van der Waals surface area contributed by atoms with Crippen molar-refractivity contribution in [1.82, 2.24) is 4.98 Å². The topological polar surface area (TPSA) is 71.5 Å². The van der Waals surface area contributed by atoms with Gasteiger partial charge in [0.15, 0.2) is 11.6 Å². The highest BCUT2D eigenvalue weighted by atomic mass is 32.2. The van der Waals surface area contributed by atoms with Crippen molar-refractivity contribution in [3.63, 3.8) is 0 Å². The molecule has 0 bridgehead atoms. The van der Waals surface area contributed by atoms with Gasteiger partial charge in [-0.2, -0.15) is 0 Å². The van der Waals surface area contributed by atoms with E-state index in [-0.39, 0.29) is 22.7 Å². The lowest BCUT2D eigenvalue weighted by atomic mass is 10.3. The molecule has 1 amide bonds. The maximum absolute atomic E-state index is 12.1. The zero-order chi connectivity index (χ0) is 15.2. The number of anilines is 1. The van der Waals surface area contributed by atoms with Crippen molar-refractivity contribution in [3.05, 3.63) is 42.6 Å². The van der Waals surface area contributed by atoms with E-state index in [0.29, 0.717) is 0 Å². The van der Waals surface area contributed by atoms with Crippen molar-refractivity contribution in [1.29, 1.82) is 0 Å². The van der Waals surface area contributed by atoms with Gasteiger partial charge in [-0.3, -0.25) is 4.79 Å². The van der Waals surface area contributed by atoms with Gasteiger partial charge in [0.05, 0.1) is 12.4 Å². The summed E-state index contributed by atoms with van der Waals surface area (Å²) in [6.45, 7) is 1.80. The Bertz CT molecular complexity index is 617. The first-order chi connectivity index (χ1) is 10.1. The highest BCUT2D eigenvalue weighted by Crippen LogP contribution is 2.27. The molecule has 1 aromatic heterocycles. The van der Waals surface area contributed by atoms with E-state index >= 15 is 0 Å². The van der Waals surface area contributed by atoms with Crippen LogP contribution < -0.4 is 10.1 Å². The number of hydrogen-bond donors (Lipinski definition) is 2. The molecule has 2 rings (SSSR count). The molecule has 5 nitrogen and oxygen atoms in total. The van der Waals surface area contributed by atoms with E-state index in [4.69, 9.17) is 4.74 Å². The summed E-state index contributed by atoms with van der Waals surface area (Å²) >= 11 is 1.42. The third kappa shape index (κ3) is 4.13. The summed E-state index contributed by atoms with van der Waals surface area (Å²) in [7, 11) is 1.61. The second-order valence-corrected chi connectivity index (χ2v) is 5.71. The first kappa shape index (κ1) is 15.2. The second-order valence-electron chi connectivity index (χ2n) is 4.30. The Labute approximate surface area is 127 Å². The minimum atomic E-state index is -0.320. The van der Waals surface area contributed by atoms with Crippen LogP contribution in [0, 0.1) is 0 Å². The van der Waals surface area contributed by atoms with Crippen LogP contribution >= 0.6 is 11.8 Å². The molecule has 1 aromatic carbocycles. The molecule has 110 valence electrons. The lowest BCUT2D eigenvalue weighted by Gasteiger charge is -2.12. The van der Waals surface area contributed by atoms with E-state index in [9.17, 15) is 9.90 Å². The van der Waals surface area contributed by atoms with Crippen LogP contribution in [0.25, 0.3) is 0 Å². The SMILES string of the molecule is COc1ccc(SC(C)C(=O)Nc2ncccc2O)cc1. The summed E-state index contributed by atoms with van der Waals surface area (Å²) in [6.07, 6.45) is 1.51. The molecule has 0 fully saturated rings. The molecule has 2 N–H and O–H groups in total. The zero-order valence-electron chi connectivity index (χ0n) is 11.7. The number of nitrogens with one attached hydrogen (secondary N) is 1. The van der Waals surface area contributed by atoms with Gasteiger partial charge >= 0.3 is 0 Å². The maximum atomic E-state index is 12.1. The minimum absolute atomic E-state index is 0.0486. The first-order valence-corrected chi connectivity index (χ1v) is 7.23. The third-order valence-corrected chi connectivity index (χ3v) is 3.88. The number of methoxy groups -OCH3 is 1. The van der Waals surface area contributed by atoms with Gasteiger partial charge in [0, 0.05) is 11.1 Å². The summed E-state index contributed by atoms with van der Waals surface area (Å²) in [5, 5.41) is 11.9. The van der Waals surface area contributed by atoms with Crippen LogP contribution in [0.5, 0.6) is 11.5 Å². The quantitative estimate of drug-likeness (QED) is 0.831. The Kier molecular flexibility index (Phi) is 5.05. The molecule has 1 heterocycles. The van der Waals surface area contributed by atoms with Crippen LogP contribution in [0.15, 0.2) is 47.5 Å². The van der Waals surface area contributed by atoms with Gasteiger partial charge in [-0.25, -0.2) is 4.98 Å². The van der Waals surface area contributed by atoms with Crippen LogP contribution in [0.4, 0.5) is 5.82 Å². The molecule has 0 aliphatic carbocycles. The molecule has 0 saturated carbocycles. The number of thioether (sulfide) groups is 1. The number of aromatic nitrogens is 1. The van der Waals surface area contributed by atoms with Crippen LogP contribution in [0.2, 0.25) is 0 Å². The van der Waals surface area contributed by atoms with Gasteiger partial charge in [0.1, 0.15) is 5.75 Å². The lowest BCUT2D eigenvalue weighted by Crippen LogP contribution is -2.22. The molecule has 1 unspecified atom stereocenters. The third-order valence-electron chi connectivity index (χ3n) is 2.77. The Hall–Kier alpha value is -2.21. The number of carbonyl (C=O) groups is 1. The van der Waals surface area contributed by atoms with Crippen molar-refractivity contribution in [2.45, 2.75) is 17.1 Å². The van der Waals surface area contributed by atoms with Gasteiger partial charge in [0.25, 0.3) is 0 Å². The number of nitrogens with zero attached hydrogens (tertiary/aromatic N) is 1. The summed E-state index contributed by atoms with van der Waals surface area (Å²) in [4.78, 5) is 17.0. The predicted octanol–water partition coefficient (Wildman–Crippen LogP) is 2.92. The molecule has 21 heavy (non-hydrogen) atoms. The van der Waals surface area contributed by atoms with Crippen LogP contribution in [-0.4, -0.2) is 28.4 Å². The first-order valence-electron chi connectivity index (χ1n) is 6.35. The fourth-order valence-electron chi connectivity index (χ4n) is 1.62. The second kappa shape index (κ2) is 6.99. The van der Waals surface area contributed by atoms with Crippen LogP contribution in [0.1, 0.15) is 6.92 Å². The number of rotatable bonds is 5. The molecule has 6 heteroatoms. The van der Waals surface area contributed by atoms with Gasteiger partial charge in [-0.05, 0) is 43.3 Å². The van der Waals surface area contributed by atoms with Crippen molar-refractivity contribution in [2.75, 3.05) is 12.4 Å². The Morgan fingerprint density at radius 2 is 2.05 bits per heavy atom. The highest BCUT2D eigenvalue weighted by Gasteiger charge is 2.16. The van der Waals surface area contributed by atoms with Crippen LogP contribution in [-0.2, 0) is 4.79 Å². The summed E-state index contributed by atoms with van der Waals surface area (Å²) < 4.78 is 5.09. The molecular formula is C15H16N2O3S. The summed E-state index contributed by atoms with van der Waals surface area (Å²) in [5.74, 6) is 0.678. The molecule has 0 aliphatic heterocycles. The van der Waals surface area contributed by atoms with E-state index in [0.717, 1.165) is 10.6 Å². The largest absolute Gasteiger partial charge is 0.504 e. The monoisotopic (exact) mass is 304 g/mol. The van der Waals surface area contributed by atoms with E-state index in [1.165, 1.54) is 24.0 Å². The number of carbonyl (C=O) groups excluding carboxylic acids is 1. The average Bonchev–Trinajstić information content (AvgIpc) is 2.50. The van der Waals surface area contributed by atoms with Crippen molar-refractivity contribution in [3.8, 4) is 11.5 Å². The fourth-order valence-corrected chi connectivity index (χ4v) is 2.49. The highest BCUT2D eigenvalue weighted by molar-refractivity contribution is 8.00. The van der Waals surface area contributed by atoms with Gasteiger partial charge < -0.3 is 15.2 Å². The van der Waals surface area contributed by atoms with Crippen LogP contribution in [0.3, 0.4) is 0 Å². The van der Waals surface area contributed by atoms with Gasteiger partial charge in [-0.15, -0.1) is 11.8 Å². The Balaban J connectivity index is 1.97. The van der Waals surface area contributed by atoms with Gasteiger partial charge in [0.2, 0.25) is 5.91 Å². The summed E-state index contributed by atoms with van der Waals surface area (Å²) in [5.41, 5.74) is 0. The van der Waals surface area contributed by atoms with E-state index in [2.05, 4.69) is 10.3 Å². The Morgan fingerprint density at radius 3 is 2.67 bits per heavy atom. The minimum Gasteiger partial charge on any atom is -0.504 e. The number of amides is 1. The Morgan fingerprint density at radius 1 is 1.33 bits per heavy atom. The normalized spacial score (nSPS) is 11.7. The van der Waals surface area contributed by atoms with Gasteiger partial charge in [-0.1, -0.05) is 0 Å². The molecule has 0 radical (unpaired) electrons. The number of hydrogen-bond acceptors (Lipinski definition) is 5. The number of pyridine rings is 1. The molecule has 0 spiro atoms. The molecular weight excluding hydrogens is 288 g/mol. The maximum Gasteiger partial charge on any atom is 0.238 e. The smallest absolute Gasteiger partial charge is 0.238 e. The van der Waals surface area contributed by atoms with E-state index in [1.54, 1.807) is 20.1 Å². The molecule has 2 aromatic rings. The standard InChI is InChI=1S/C15H16N2O3S/c1-10(21-12-7-5-11(20-2)6-8-12)15(19)17-14-13(18)4-3-9-16-14/h3-10,18H,1-2H3,(H,16,17,19).